The van der Waals surface area contributed by atoms with E-state index in [9.17, 15) is 9.59 Å². The summed E-state index contributed by atoms with van der Waals surface area (Å²) in [5.41, 5.74) is 16.5. The van der Waals surface area contributed by atoms with E-state index in [1.807, 2.05) is 30.3 Å². The van der Waals surface area contributed by atoms with Crippen LogP contribution in [-0.4, -0.2) is 44.0 Å². The summed E-state index contributed by atoms with van der Waals surface area (Å²) in [6.45, 7) is 0.149. The number of carbonyl (C=O) groups excluding carboxylic acids is 2. The van der Waals surface area contributed by atoms with E-state index in [-0.39, 0.29) is 30.8 Å². The van der Waals surface area contributed by atoms with E-state index in [1.165, 1.54) is 0 Å². The van der Waals surface area contributed by atoms with Gasteiger partial charge in [0.1, 0.15) is 11.8 Å². The van der Waals surface area contributed by atoms with Gasteiger partial charge < -0.3 is 32.6 Å². The number of nitrogens with zero attached hydrogens (tertiary/aromatic N) is 1. The van der Waals surface area contributed by atoms with Crippen LogP contribution in [0, 0.1) is 0 Å². The Morgan fingerprint density at radius 3 is 2.59 bits per heavy atom. The van der Waals surface area contributed by atoms with Crippen LogP contribution in [0.1, 0.15) is 12.8 Å². The number of hydrogen-bond acceptors (Lipinski definition) is 5. The first-order valence-corrected chi connectivity index (χ1v) is 8.87. The zero-order valence-electron chi connectivity index (χ0n) is 16.2. The van der Waals surface area contributed by atoms with Crippen LogP contribution in [0.5, 0.6) is 5.75 Å². The van der Waals surface area contributed by atoms with Crippen molar-refractivity contribution in [3.8, 4) is 5.75 Å². The summed E-state index contributed by atoms with van der Waals surface area (Å²) in [4.78, 5) is 28.3. The highest BCUT2D eigenvalue weighted by atomic mass is 35.5. The minimum Gasteiger partial charge on any atom is -0.496 e. The monoisotopic (exact) mass is 422 g/mol. The molecule has 1 atom stereocenters. The number of amides is 2. The molecule has 0 fully saturated rings. The molecule has 10 heteroatoms. The second kappa shape index (κ2) is 11.7. The Bertz CT molecular complexity index is 870. The van der Waals surface area contributed by atoms with Gasteiger partial charge in [0.05, 0.1) is 13.7 Å². The van der Waals surface area contributed by atoms with E-state index < -0.39 is 11.9 Å². The van der Waals surface area contributed by atoms with Gasteiger partial charge in [0.2, 0.25) is 11.8 Å². The molecule has 2 aromatic rings. The Morgan fingerprint density at radius 2 is 1.93 bits per heavy atom. The Labute approximate surface area is 175 Å². The lowest BCUT2D eigenvalue weighted by atomic mass is 10.1. The van der Waals surface area contributed by atoms with Crippen molar-refractivity contribution in [3.05, 3.63) is 36.4 Å². The van der Waals surface area contributed by atoms with Gasteiger partial charge in [-0.25, -0.2) is 0 Å². The zero-order valence-corrected chi connectivity index (χ0v) is 17.0. The maximum Gasteiger partial charge on any atom is 0.246 e. The molecule has 0 unspecified atom stereocenters. The third-order valence-electron chi connectivity index (χ3n) is 4.09. The van der Waals surface area contributed by atoms with Crippen molar-refractivity contribution >= 4 is 46.6 Å². The topological polar surface area (TPSA) is 158 Å². The average Bonchev–Trinajstić information content (AvgIpc) is 2.69. The van der Waals surface area contributed by atoms with Crippen LogP contribution < -0.4 is 32.6 Å². The Balaban J connectivity index is 0.00000420. The van der Waals surface area contributed by atoms with Crippen LogP contribution in [0.4, 0.5) is 5.69 Å². The minimum absolute atomic E-state index is 0. The summed E-state index contributed by atoms with van der Waals surface area (Å²) >= 11 is 0. The number of guanidine groups is 1. The molecule has 2 aromatic carbocycles. The van der Waals surface area contributed by atoms with Crippen LogP contribution in [0.15, 0.2) is 41.4 Å². The van der Waals surface area contributed by atoms with Crippen molar-refractivity contribution in [2.75, 3.05) is 25.5 Å². The van der Waals surface area contributed by atoms with E-state index in [2.05, 4.69) is 15.6 Å². The molecular formula is C19H27ClN6O3. The number of nitrogens with two attached hydrogens (primary N) is 3. The summed E-state index contributed by atoms with van der Waals surface area (Å²) in [6.07, 6.45) is 0.876. The lowest BCUT2D eigenvalue weighted by molar-refractivity contribution is -0.125. The van der Waals surface area contributed by atoms with Crippen LogP contribution in [-0.2, 0) is 9.59 Å². The number of rotatable bonds is 9. The van der Waals surface area contributed by atoms with Gasteiger partial charge in [0, 0.05) is 23.7 Å². The van der Waals surface area contributed by atoms with Gasteiger partial charge in [-0.2, -0.15) is 0 Å². The van der Waals surface area contributed by atoms with Gasteiger partial charge in [-0.05, 0) is 24.3 Å². The van der Waals surface area contributed by atoms with Gasteiger partial charge >= 0.3 is 0 Å². The molecule has 8 N–H and O–H groups in total. The fraction of sp³-hybridized carbons (Fsp3) is 0.316. The maximum absolute atomic E-state index is 12.7. The fourth-order valence-electron chi connectivity index (χ4n) is 2.77. The summed E-state index contributed by atoms with van der Waals surface area (Å²) in [7, 11) is 1.57. The van der Waals surface area contributed by atoms with Crippen molar-refractivity contribution in [3.63, 3.8) is 0 Å². The number of nitrogens with one attached hydrogen (secondary N) is 2. The smallest absolute Gasteiger partial charge is 0.246 e. The molecule has 0 aromatic heterocycles. The lowest BCUT2D eigenvalue weighted by Gasteiger charge is -2.18. The molecule has 0 heterocycles. The SMILES string of the molecule is COc1cc(NC(=O)[C@H](CCCN=C(N)N)NC(=O)CN)cc2ccccc12.Cl. The molecule has 2 amide bonds. The molecule has 2 rings (SSSR count). The molecule has 0 spiro atoms. The second-order valence-electron chi connectivity index (χ2n) is 6.16. The third-order valence-corrected chi connectivity index (χ3v) is 4.09. The van der Waals surface area contributed by atoms with Crippen molar-refractivity contribution in [1.82, 2.24) is 5.32 Å². The Hall–Kier alpha value is -3.04. The molecule has 0 aliphatic rings. The predicted octanol–water partition coefficient (Wildman–Crippen LogP) is 0.706. The highest BCUT2D eigenvalue weighted by molar-refractivity contribution is 6.00. The average molecular weight is 423 g/mol. The van der Waals surface area contributed by atoms with Gasteiger partial charge in [0.25, 0.3) is 0 Å². The molecular weight excluding hydrogens is 396 g/mol. The number of benzene rings is 2. The van der Waals surface area contributed by atoms with Gasteiger partial charge in [-0.3, -0.25) is 14.6 Å². The quantitative estimate of drug-likeness (QED) is 0.227. The van der Waals surface area contributed by atoms with Crippen molar-refractivity contribution < 1.29 is 14.3 Å². The summed E-state index contributed by atoms with van der Waals surface area (Å²) < 4.78 is 5.42. The van der Waals surface area contributed by atoms with Crippen LogP contribution >= 0.6 is 12.4 Å². The number of aliphatic imine (C=N–C) groups is 1. The van der Waals surface area contributed by atoms with E-state index in [4.69, 9.17) is 21.9 Å². The van der Waals surface area contributed by atoms with Crippen LogP contribution in [0.25, 0.3) is 10.8 Å². The molecule has 0 saturated carbocycles. The largest absolute Gasteiger partial charge is 0.496 e. The molecule has 0 aliphatic heterocycles. The van der Waals surface area contributed by atoms with Crippen molar-refractivity contribution in [2.24, 2.45) is 22.2 Å². The number of fused-ring (bicyclic) bond motifs is 1. The first kappa shape index (κ1) is 24.0. The fourth-order valence-corrected chi connectivity index (χ4v) is 2.77. The maximum atomic E-state index is 12.7. The normalized spacial score (nSPS) is 11.1. The van der Waals surface area contributed by atoms with E-state index in [0.717, 1.165) is 10.8 Å². The molecule has 0 saturated heterocycles. The standard InChI is InChI=1S/C19H26N6O3.ClH/c1-28-16-10-13(9-12-5-2-3-6-14(12)16)24-18(27)15(25-17(26)11-20)7-4-8-23-19(21)22;/h2-3,5-6,9-10,15H,4,7-8,11,20H2,1H3,(H,24,27)(H,25,26)(H4,21,22,23);1H/t15-;/m0./s1. The number of anilines is 1. The molecule has 0 bridgehead atoms. The van der Waals surface area contributed by atoms with Gasteiger partial charge in [-0.1, -0.05) is 24.3 Å². The van der Waals surface area contributed by atoms with Crippen LogP contribution in [0.3, 0.4) is 0 Å². The predicted molar refractivity (Wildman–Crippen MR) is 117 cm³/mol. The number of ether oxygens (including phenoxy) is 1. The lowest BCUT2D eigenvalue weighted by Crippen LogP contribution is -2.46. The van der Waals surface area contributed by atoms with Crippen molar-refractivity contribution in [1.29, 1.82) is 0 Å². The summed E-state index contributed by atoms with van der Waals surface area (Å²) in [5.74, 6) is -0.152. The van der Waals surface area contributed by atoms with E-state index >= 15 is 0 Å². The highest BCUT2D eigenvalue weighted by Gasteiger charge is 2.20. The Morgan fingerprint density at radius 1 is 1.21 bits per heavy atom. The molecule has 29 heavy (non-hydrogen) atoms. The number of methoxy groups -OCH3 is 1. The molecule has 0 aliphatic carbocycles. The first-order chi connectivity index (χ1) is 13.4. The molecule has 9 nitrogen and oxygen atoms in total. The zero-order chi connectivity index (χ0) is 20.5. The molecule has 0 radical (unpaired) electrons. The van der Waals surface area contributed by atoms with Gasteiger partial charge in [-0.15, -0.1) is 12.4 Å². The van der Waals surface area contributed by atoms with Crippen molar-refractivity contribution in [2.45, 2.75) is 18.9 Å². The van der Waals surface area contributed by atoms with Gasteiger partial charge in [0.15, 0.2) is 5.96 Å². The number of carbonyl (C=O) groups is 2. The highest BCUT2D eigenvalue weighted by Crippen LogP contribution is 2.29. The first-order valence-electron chi connectivity index (χ1n) is 8.87. The summed E-state index contributed by atoms with van der Waals surface area (Å²) in [6, 6.07) is 10.5. The molecule has 158 valence electrons. The Kier molecular flexibility index (Phi) is 9.70. The van der Waals surface area contributed by atoms with E-state index in [0.29, 0.717) is 30.8 Å². The van der Waals surface area contributed by atoms with Crippen LogP contribution in [0.2, 0.25) is 0 Å². The second-order valence-corrected chi connectivity index (χ2v) is 6.16. The van der Waals surface area contributed by atoms with E-state index in [1.54, 1.807) is 13.2 Å². The number of halogens is 1. The summed E-state index contributed by atoms with van der Waals surface area (Å²) in [5, 5.41) is 7.31. The minimum atomic E-state index is -0.761. The number of hydrogen-bond donors (Lipinski definition) is 5. The third kappa shape index (κ3) is 7.13.